The molecule has 0 aromatic carbocycles. The van der Waals surface area contributed by atoms with Gasteiger partial charge in [-0.25, -0.2) is 0 Å². The molecule has 4 heteroatoms. The molecule has 2 fully saturated rings. The fraction of sp³-hybridized carbons (Fsp3) is 0.929. The summed E-state index contributed by atoms with van der Waals surface area (Å²) in [4.78, 5) is 14.1. The number of hydrogen-bond donors (Lipinski definition) is 2. The van der Waals surface area contributed by atoms with E-state index in [9.17, 15) is 4.79 Å². The Labute approximate surface area is 110 Å². The minimum absolute atomic E-state index is 0.0569. The summed E-state index contributed by atoms with van der Waals surface area (Å²) >= 11 is 0. The number of nitrogens with one attached hydrogen (secondary N) is 1. The van der Waals surface area contributed by atoms with Crippen molar-refractivity contribution in [3.05, 3.63) is 0 Å². The van der Waals surface area contributed by atoms with Crippen LogP contribution in [-0.4, -0.2) is 47.2 Å². The quantitative estimate of drug-likeness (QED) is 0.773. The van der Waals surface area contributed by atoms with Crippen LogP contribution in [-0.2, 0) is 4.79 Å². The average Bonchev–Trinajstić information content (AvgIpc) is 2.65. The lowest BCUT2D eigenvalue weighted by atomic mass is 9.89. The molecule has 2 rings (SSSR count). The Kier molecular flexibility index (Phi) is 4.62. The maximum absolute atomic E-state index is 12.3. The van der Waals surface area contributed by atoms with Crippen LogP contribution in [0, 0.1) is 5.92 Å². The Morgan fingerprint density at radius 3 is 2.44 bits per heavy atom. The largest absolute Gasteiger partial charge is 0.395 e. The lowest BCUT2D eigenvalue weighted by molar-refractivity contribution is -0.134. The average molecular weight is 254 g/mol. The minimum atomic E-state index is 0.0569. The summed E-state index contributed by atoms with van der Waals surface area (Å²) in [7, 11) is 0. The van der Waals surface area contributed by atoms with Crippen LogP contribution in [0.2, 0.25) is 0 Å². The van der Waals surface area contributed by atoms with Crippen LogP contribution >= 0.6 is 0 Å². The first-order chi connectivity index (χ1) is 8.60. The maximum atomic E-state index is 12.3. The summed E-state index contributed by atoms with van der Waals surface area (Å²) < 4.78 is 0. The zero-order valence-corrected chi connectivity index (χ0v) is 11.6. The number of amides is 1. The molecular weight excluding hydrogens is 228 g/mol. The predicted molar refractivity (Wildman–Crippen MR) is 71.2 cm³/mol. The highest BCUT2D eigenvalue weighted by molar-refractivity contribution is 5.76. The molecule has 104 valence electrons. The third-order valence-corrected chi connectivity index (χ3v) is 4.32. The van der Waals surface area contributed by atoms with E-state index in [2.05, 4.69) is 5.32 Å². The van der Waals surface area contributed by atoms with Gasteiger partial charge < -0.3 is 15.3 Å². The van der Waals surface area contributed by atoms with Crippen molar-refractivity contribution in [2.75, 3.05) is 13.2 Å². The van der Waals surface area contributed by atoms with Crippen molar-refractivity contribution in [2.45, 2.75) is 64.1 Å². The van der Waals surface area contributed by atoms with Gasteiger partial charge in [0.05, 0.1) is 6.61 Å². The summed E-state index contributed by atoms with van der Waals surface area (Å²) in [6, 6.07) is 1.47. The summed E-state index contributed by atoms with van der Waals surface area (Å²) in [5.41, 5.74) is 0. The van der Waals surface area contributed by atoms with Crippen molar-refractivity contribution in [1.82, 2.24) is 10.2 Å². The number of fused-ring (bicyclic) bond motifs is 2. The Hall–Kier alpha value is -0.610. The Bertz CT molecular complexity index is 282. The SMILES string of the molecule is CC(C)N(CCO)C(=O)CC1CC2CCC(C1)N2. The molecule has 2 aliphatic rings. The van der Waals surface area contributed by atoms with Crippen LogP contribution in [0.4, 0.5) is 0 Å². The number of carbonyl (C=O) groups is 1. The number of aliphatic hydroxyl groups is 1. The Morgan fingerprint density at radius 1 is 1.33 bits per heavy atom. The van der Waals surface area contributed by atoms with Crippen molar-refractivity contribution in [2.24, 2.45) is 5.92 Å². The van der Waals surface area contributed by atoms with Crippen molar-refractivity contribution >= 4 is 5.91 Å². The highest BCUT2D eigenvalue weighted by atomic mass is 16.3. The maximum Gasteiger partial charge on any atom is 0.223 e. The van der Waals surface area contributed by atoms with E-state index < -0.39 is 0 Å². The first-order valence-corrected chi connectivity index (χ1v) is 7.26. The van der Waals surface area contributed by atoms with Gasteiger partial charge in [-0.3, -0.25) is 4.79 Å². The summed E-state index contributed by atoms with van der Waals surface area (Å²) in [5, 5.41) is 12.6. The molecule has 2 saturated heterocycles. The van der Waals surface area contributed by atoms with Gasteiger partial charge in [-0.2, -0.15) is 0 Å². The lowest BCUT2D eigenvalue weighted by Crippen LogP contribution is -2.43. The highest BCUT2D eigenvalue weighted by Crippen LogP contribution is 2.33. The second kappa shape index (κ2) is 6.02. The smallest absolute Gasteiger partial charge is 0.223 e. The normalized spacial score (nSPS) is 30.8. The summed E-state index contributed by atoms with van der Waals surface area (Å²) in [6.07, 6.45) is 5.51. The topological polar surface area (TPSA) is 52.6 Å². The van der Waals surface area contributed by atoms with Gasteiger partial charge in [-0.15, -0.1) is 0 Å². The third-order valence-electron chi connectivity index (χ3n) is 4.32. The monoisotopic (exact) mass is 254 g/mol. The fourth-order valence-corrected chi connectivity index (χ4v) is 3.48. The van der Waals surface area contributed by atoms with Gasteiger partial charge in [0.1, 0.15) is 0 Å². The van der Waals surface area contributed by atoms with E-state index in [1.54, 1.807) is 0 Å². The number of piperidine rings is 1. The molecule has 4 nitrogen and oxygen atoms in total. The molecule has 0 aliphatic carbocycles. The van der Waals surface area contributed by atoms with E-state index >= 15 is 0 Å². The second-order valence-electron chi connectivity index (χ2n) is 6.08. The van der Waals surface area contributed by atoms with E-state index in [0.717, 1.165) is 12.8 Å². The van der Waals surface area contributed by atoms with Gasteiger partial charge in [0, 0.05) is 31.1 Å². The van der Waals surface area contributed by atoms with Crippen molar-refractivity contribution in [3.8, 4) is 0 Å². The third kappa shape index (κ3) is 3.23. The van der Waals surface area contributed by atoms with Crippen molar-refractivity contribution in [1.29, 1.82) is 0 Å². The first-order valence-electron chi connectivity index (χ1n) is 7.26. The first kappa shape index (κ1) is 13.8. The zero-order valence-electron chi connectivity index (χ0n) is 11.6. The van der Waals surface area contributed by atoms with Crippen molar-refractivity contribution in [3.63, 3.8) is 0 Å². The van der Waals surface area contributed by atoms with Gasteiger partial charge >= 0.3 is 0 Å². The van der Waals surface area contributed by atoms with Gasteiger partial charge in [0.2, 0.25) is 5.91 Å². The van der Waals surface area contributed by atoms with Crippen LogP contribution < -0.4 is 5.32 Å². The molecule has 2 aliphatic heterocycles. The molecule has 1 amide bonds. The minimum Gasteiger partial charge on any atom is -0.395 e. The molecule has 2 bridgehead atoms. The van der Waals surface area contributed by atoms with Gasteiger partial charge in [-0.05, 0) is 45.4 Å². The van der Waals surface area contributed by atoms with E-state index in [-0.39, 0.29) is 18.6 Å². The molecule has 2 N–H and O–H groups in total. The molecule has 18 heavy (non-hydrogen) atoms. The molecule has 2 unspecified atom stereocenters. The van der Waals surface area contributed by atoms with E-state index in [1.165, 1.54) is 12.8 Å². The van der Waals surface area contributed by atoms with Crippen LogP contribution in [0.5, 0.6) is 0 Å². The van der Waals surface area contributed by atoms with E-state index in [1.807, 2.05) is 18.7 Å². The molecule has 0 radical (unpaired) electrons. The van der Waals surface area contributed by atoms with Gasteiger partial charge in [-0.1, -0.05) is 0 Å². The summed E-state index contributed by atoms with van der Waals surface area (Å²) in [6.45, 7) is 4.55. The number of carbonyl (C=O) groups excluding carboxylic acids is 1. The highest BCUT2D eigenvalue weighted by Gasteiger charge is 2.34. The molecule has 0 saturated carbocycles. The standard InChI is InChI=1S/C14H26N2O2/c1-10(2)16(5-6-17)14(18)9-11-7-12-3-4-13(8-11)15-12/h10-13,15,17H,3-9H2,1-2H3. The molecule has 2 heterocycles. The number of nitrogens with zero attached hydrogens (tertiary/aromatic N) is 1. The fourth-order valence-electron chi connectivity index (χ4n) is 3.48. The zero-order chi connectivity index (χ0) is 13.1. The van der Waals surface area contributed by atoms with Crippen LogP contribution in [0.1, 0.15) is 46.0 Å². The lowest BCUT2D eigenvalue weighted by Gasteiger charge is -2.32. The van der Waals surface area contributed by atoms with Crippen LogP contribution in [0.25, 0.3) is 0 Å². The number of hydrogen-bond acceptors (Lipinski definition) is 3. The predicted octanol–water partition coefficient (Wildman–Crippen LogP) is 1.14. The van der Waals surface area contributed by atoms with E-state index in [0.29, 0.717) is 31.0 Å². The van der Waals surface area contributed by atoms with Crippen molar-refractivity contribution < 1.29 is 9.90 Å². The van der Waals surface area contributed by atoms with Gasteiger partial charge in [0.25, 0.3) is 0 Å². The molecule has 0 aromatic rings. The number of aliphatic hydroxyl groups excluding tert-OH is 1. The van der Waals surface area contributed by atoms with E-state index in [4.69, 9.17) is 5.11 Å². The van der Waals surface area contributed by atoms with Gasteiger partial charge in [0.15, 0.2) is 0 Å². The molecule has 0 aromatic heterocycles. The Morgan fingerprint density at radius 2 is 1.94 bits per heavy atom. The van der Waals surface area contributed by atoms with Crippen LogP contribution in [0.15, 0.2) is 0 Å². The molecule has 2 atom stereocenters. The number of rotatable bonds is 5. The summed E-state index contributed by atoms with van der Waals surface area (Å²) in [5.74, 6) is 0.751. The Balaban J connectivity index is 1.86. The second-order valence-corrected chi connectivity index (χ2v) is 6.08. The molecule has 0 spiro atoms. The molecular formula is C14H26N2O2. The van der Waals surface area contributed by atoms with Crippen LogP contribution in [0.3, 0.4) is 0 Å².